The van der Waals surface area contributed by atoms with Crippen LogP contribution in [-0.4, -0.2) is 23.4 Å². The zero-order valence-corrected chi connectivity index (χ0v) is 11.0. The summed E-state index contributed by atoms with van der Waals surface area (Å²) in [6.07, 6.45) is 1.75. The molecule has 2 heterocycles. The third-order valence-corrected chi connectivity index (χ3v) is 3.53. The molecule has 1 aliphatic rings. The Labute approximate surface area is 115 Å². The highest BCUT2D eigenvalue weighted by atomic mass is 19.1. The first-order valence-electron chi connectivity index (χ1n) is 6.60. The molecular weight excluding hydrogens is 261 g/mol. The van der Waals surface area contributed by atoms with Crippen molar-refractivity contribution < 1.29 is 13.7 Å². The van der Waals surface area contributed by atoms with E-state index >= 15 is 0 Å². The second-order valence-corrected chi connectivity index (χ2v) is 5.09. The van der Waals surface area contributed by atoms with Gasteiger partial charge in [-0.3, -0.25) is 0 Å². The van der Waals surface area contributed by atoms with Crippen molar-refractivity contribution in [3.63, 3.8) is 0 Å². The fourth-order valence-corrected chi connectivity index (χ4v) is 2.31. The molecule has 1 fully saturated rings. The summed E-state index contributed by atoms with van der Waals surface area (Å²) in [5.74, 6) is 0.681. The maximum Gasteiger partial charge on any atom is 0.246 e. The van der Waals surface area contributed by atoms with Crippen molar-refractivity contribution in [3.05, 3.63) is 47.4 Å². The molecule has 0 amide bonds. The van der Waals surface area contributed by atoms with Crippen LogP contribution in [-0.2, 0) is 16.7 Å². The maximum absolute atomic E-state index is 13.1. The van der Waals surface area contributed by atoms with Crippen molar-refractivity contribution in [2.45, 2.75) is 24.8 Å². The Bertz CT molecular complexity index is 594. The maximum atomic E-state index is 13.1. The van der Waals surface area contributed by atoms with Crippen molar-refractivity contribution in [2.75, 3.05) is 13.2 Å². The zero-order chi connectivity index (χ0) is 14.0. The predicted octanol–water partition coefficient (Wildman–Crippen LogP) is 1.76. The fourth-order valence-electron chi connectivity index (χ4n) is 2.31. The first-order chi connectivity index (χ1) is 9.66. The van der Waals surface area contributed by atoms with E-state index in [0.29, 0.717) is 44.2 Å². The summed E-state index contributed by atoms with van der Waals surface area (Å²) in [7, 11) is 0. The average Bonchev–Trinajstić information content (AvgIpc) is 2.89. The normalized spacial score (nSPS) is 18.1. The van der Waals surface area contributed by atoms with Crippen LogP contribution in [0.3, 0.4) is 0 Å². The number of hydrogen-bond donors (Lipinski definition) is 1. The van der Waals surface area contributed by atoms with Gasteiger partial charge >= 0.3 is 0 Å². The Morgan fingerprint density at radius 3 is 2.85 bits per heavy atom. The van der Waals surface area contributed by atoms with Crippen LogP contribution in [0.5, 0.6) is 0 Å². The van der Waals surface area contributed by atoms with E-state index in [0.717, 1.165) is 5.56 Å². The molecule has 0 radical (unpaired) electrons. The summed E-state index contributed by atoms with van der Waals surface area (Å²) < 4.78 is 23.7. The van der Waals surface area contributed by atoms with E-state index in [1.54, 1.807) is 6.07 Å². The Morgan fingerprint density at radius 1 is 1.30 bits per heavy atom. The molecule has 0 unspecified atom stereocenters. The molecule has 5 nitrogen and oxygen atoms in total. The van der Waals surface area contributed by atoms with Gasteiger partial charge in [-0.15, -0.1) is 0 Å². The SMILES string of the molecule is NC1(c2nc(Cc3cccc(F)c3)no2)CCOCC1. The van der Waals surface area contributed by atoms with Gasteiger partial charge in [0.1, 0.15) is 11.4 Å². The minimum Gasteiger partial charge on any atom is -0.381 e. The third kappa shape index (κ3) is 2.71. The van der Waals surface area contributed by atoms with Crippen LogP contribution in [0, 0.1) is 5.82 Å². The van der Waals surface area contributed by atoms with E-state index in [4.69, 9.17) is 15.0 Å². The summed E-state index contributed by atoms with van der Waals surface area (Å²) in [6, 6.07) is 6.35. The van der Waals surface area contributed by atoms with Gasteiger partial charge in [0.25, 0.3) is 0 Å². The minimum atomic E-state index is -0.606. The standard InChI is InChI=1S/C14H16FN3O2/c15-11-3-1-2-10(8-11)9-12-17-13(20-18-12)14(16)4-6-19-7-5-14/h1-3,8H,4-7,9,16H2. The summed E-state index contributed by atoms with van der Waals surface area (Å²) >= 11 is 0. The molecule has 1 aromatic heterocycles. The molecule has 6 heteroatoms. The lowest BCUT2D eigenvalue weighted by Crippen LogP contribution is -2.42. The topological polar surface area (TPSA) is 74.2 Å². The van der Waals surface area contributed by atoms with Crippen LogP contribution in [0.15, 0.2) is 28.8 Å². The largest absolute Gasteiger partial charge is 0.381 e. The fraction of sp³-hybridized carbons (Fsp3) is 0.429. The smallest absolute Gasteiger partial charge is 0.246 e. The van der Waals surface area contributed by atoms with E-state index in [-0.39, 0.29) is 5.82 Å². The van der Waals surface area contributed by atoms with E-state index in [9.17, 15) is 4.39 Å². The molecule has 106 valence electrons. The van der Waals surface area contributed by atoms with E-state index in [1.165, 1.54) is 12.1 Å². The Hall–Kier alpha value is -1.79. The highest BCUT2D eigenvalue weighted by Crippen LogP contribution is 2.28. The quantitative estimate of drug-likeness (QED) is 0.925. The minimum absolute atomic E-state index is 0.272. The Kier molecular flexibility index (Phi) is 3.50. The lowest BCUT2D eigenvalue weighted by molar-refractivity contribution is 0.0400. The van der Waals surface area contributed by atoms with Crippen LogP contribution in [0.1, 0.15) is 30.1 Å². The first-order valence-corrected chi connectivity index (χ1v) is 6.60. The van der Waals surface area contributed by atoms with Gasteiger partial charge in [-0.1, -0.05) is 17.3 Å². The van der Waals surface area contributed by atoms with Crippen LogP contribution in [0.4, 0.5) is 4.39 Å². The average molecular weight is 277 g/mol. The molecular formula is C14H16FN3O2. The van der Waals surface area contributed by atoms with E-state index in [1.807, 2.05) is 6.07 Å². The predicted molar refractivity (Wildman–Crippen MR) is 69.4 cm³/mol. The molecule has 0 spiro atoms. The number of aromatic nitrogens is 2. The van der Waals surface area contributed by atoms with Gasteiger partial charge in [0.2, 0.25) is 5.89 Å². The molecule has 1 aliphatic heterocycles. The number of rotatable bonds is 3. The Balaban J connectivity index is 1.76. The molecule has 0 aliphatic carbocycles. The van der Waals surface area contributed by atoms with Crippen LogP contribution >= 0.6 is 0 Å². The summed E-state index contributed by atoms with van der Waals surface area (Å²) in [4.78, 5) is 4.35. The summed E-state index contributed by atoms with van der Waals surface area (Å²) in [5.41, 5.74) is 6.47. The Morgan fingerprint density at radius 2 is 2.10 bits per heavy atom. The van der Waals surface area contributed by atoms with Gasteiger partial charge in [0.05, 0.1) is 0 Å². The van der Waals surface area contributed by atoms with Crippen molar-refractivity contribution in [1.82, 2.24) is 10.1 Å². The van der Waals surface area contributed by atoms with Crippen LogP contribution in [0.2, 0.25) is 0 Å². The third-order valence-electron chi connectivity index (χ3n) is 3.53. The van der Waals surface area contributed by atoms with Crippen molar-refractivity contribution in [1.29, 1.82) is 0 Å². The molecule has 20 heavy (non-hydrogen) atoms. The first kappa shape index (κ1) is 13.2. The molecule has 2 N–H and O–H groups in total. The van der Waals surface area contributed by atoms with Gasteiger partial charge < -0.3 is 15.0 Å². The number of ether oxygens (including phenoxy) is 1. The summed E-state index contributed by atoms with van der Waals surface area (Å²) in [5, 5.41) is 3.93. The van der Waals surface area contributed by atoms with Crippen molar-refractivity contribution in [3.8, 4) is 0 Å². The van der Waals surface area contributed by atoms with Crippen molar-refractivity contribution in [2.24, 2.45) is 5.73 Å². The lowest BCUT2D eigenvalue weighted by atomic mass is 9.91. The number of nitrogens with two attached hydrogens (primary N) is 1. The van der Waals surface area contributed by atoms with Gasteiger partial charge in [0.15, 0.2) is 5.82 Å². The number of benzene rings is 1. The molecule has 3 rings (SSSR count). The van der Waals surface area contributed by atoms with Gasteiger partial charge in [-0.05, 0) is 30.5 Å². The number of hydrogen-bond acceptors (Lipinski definition) is 5. The summed E-state index contributed by atoms with van der Waals surface area (Å²) in [6.45, 7) is 1.19. The second-order valence-electron chi connectivity index (χ2n) is 5.09. The van der Waals surface area contributed by atoms with Crippen LogP contribution < -0.4 is 5.73 Å². The highest BCUT2D eigenvalue weighted by molar-refractivity contribution is 5.20. The highest BCUT2D eigenvalue weighted by Gasteiger charge is 2.35. The molecule has 2 aromatic rings. The molecule has 0 atom stereocenters. The van der Waals surface area contributed by atoms with Crippen LogP contribution in [0.25, 0.3) is 0 Å². The number of halogens is 1. The number of nitrogens with zero attached hydrogens (tertiary/aromatic N) is 2. The van der Waals surface area contributed by atoms with E-state index < -0.39 is 5.54 Å². The zero-order valence-electron chi connectivity index (χ0n) is 11.0. The van der Waals surface area contributed by atoms with E-state index in [2.05, 4.69) is 10.1 Å². The molecule has 0 saturated carbocycles. The van der Waals surface area contributed by atoms with Gasteiger partial charge in [-0.25, -0.2) is 4.39 Å². The van der Waals surface area contributed by atoms with Gasteiger partial charge in [0, 0.05) is 19.6 Å². The molecule has 1 saturated heterocycles. The lowest BCUT2D eigenvalue weighted by Gasteiger charge is -2.29. The van der Waals surface area contributed by atoms with Gasteiger partial charge in [-0.2, -0.15) is 4.98 Å². The second kappa shape index (κ2) is 5.30. The monoisotopic (exact) mass is 277 g/mol. The van der Waals surface area contributed by atoms with Crippen molar-refractivity contribution >= 4 is 0 Å². The molecule has 0 bridgehead atoms. The molecule has 1 aromatic carbocycles.